The summed E-state index contributed by atoms with van der Waals surface area (Å²) in [4.78, 5) is 14.7. The van der Waals surface area contributed by atoms with E-state index in [1.54, 1.807) is 6.07 Å². The minimum absolute atomic E-state index is 0.0642. The third-order valence-electron chi connectivity index (χ3n) is 5.45. The molecule has 1 aliphatic heterocycles. The number of para-hydroxylation sites is 1. The molecule has 5 heteroatoms. The number of hydrogen-bond donors (Lipinski definition) is 1. The van der Waals surface area contributed by atoms with Crippen molar-refractivity contribution < 1.29 is 4.79 Å². The second-order valence-electron chi connectivity index (χ2n) is 7.33. The largest absolute Gasteiger partial charge is 0.366 e. The second-order valence-corrected chi connectivity index (χ2v) is 7.33. The van der Waals surface area contributed by atoms with Crippen LogP contribution in [0.25, 0.3) is 0 Å². The highest BCUT2D eigenvalue weighted by molar-refractivity contribution is 6.05. The molecule has 1 aromatic heterocycles. The van der Waals surface area contributed by atoms with Crippen LogP contribution in [0.2, 0.25) is 0 Å². The molecule has 1 N–H and O–H groups in total. The predicted molar refractivity (Wildman–Crippen MR) is 104 cm³/mol. The molecular weight excluding hydrogens is 324 g/mol. The number of aryl methyl sites for hydroxylation is 1. The van der Waals surface area contributed by atoms with Gasteiger partial charge in [-0.25, -0.2) is 0 Å². The maximum absolute atomic E-state index is 12.9. The average molecular weight is 350 g/mol. The van der Waals surface area contributed by atoms with Crippen molar-refractivity contribution in [1.29, 1.82) is 0 Å². The number of benzene rings is 1. The summed E-state index contributed by atoms with van der Waals surface area (Å²) in [5, 5.41) is 12.0. The van der Waals surface area contributed by atoms with Gasteiger partial charge in [0.15, 0.2) is 5.69 Å². The van der Waals surface area contributed by atoms with Crippen LogP contribution in [-0.2, 0) is 6.42 Å². The molecule has 5 nitrogen and oxygen atoms in total. The Kier molecular flexibility index (Phi) is 5.14. The monoisotopic (exact) mass is 350 g/mol. The lowest BCUT2D eigenvalue weighted by atomic mass is 10.0. The van der Waals surface area contributed by atoms with Crippen LogP contribution in [0.5, 0.6) is 0 Å². The maximum Gasteiger partial charge on any atom is 0.278 e. The zero-order chi connectivity index (χ0) is 17.8. The predicted octanol–water partition coefficient (Wildman–Crippen LogP) is 4.20. The van der Waals surface area contributed by atoms with Gasteiger partial charge in [-0.15, -0.1) is 10.2 Å². The molecule has 2 aromatic rings. The van der Waals surface area contributed by atoms with Crippen LogP contribution in [-0.4, -0.2) is 28.7 Å². The van der Waals surface area contributed by atoms with Gasteiger partial charge in [0, 0.05) is 18.3 Å². The van der Waals surface area contributed by atoms with Crippen LogP contribution in [0.4, 0.5) is 11.5 Å². The Bertz CT molecular complexity index is 751. The lowest BCUT2D eigenvalue weighted by Crippen LogP contribution is -2.36. The molecule has 0 radical (unpaired) electrons. The average Bonchev–Trinajstić information content (AvgIpc) is 2.96. The molecule has 1 aliphatic carbocycles. The number of rotatable bonds is 3. The van der Waals surface area contributed by atoms with Crippen LogP contribution in [0.15, 0.2) is 36.4 Å². The summed E-state index contributed by atoms with van der Waals surface area (Å²) >= 11 is 0. The zero-order valence-electron chi connectivity index (χ0n) is 15.2. The highest BCUT2D eigenvalue weighted by atomic mass is 16.2. The summed E-state index contributed by atoms with van der Waals surface area (Å²) in [5.74, 6) is 0.707. The van der Waals surface area contributed by atoms with Crippen molar-refractivity contribution in [3.63, 3.8) is 0 Å². The lowest BCUT2D eigenvalue weighted by molar-refractivity contribution is 0.0979. The van der Waals surface area contributed by atoms with Crippen LogP contribution < -0.4 is 10.2 Å². The first-order chi connectivity index (χ1) is 12.8. The minimum atomic E-state index is -0.0642. The maximum atomic E-state index is 12.9. The molecule has 0 unspecified atom stereocenters. The summed E-state index contributed by atoms with van der Waals surface area (Å²) in [7, 11) is 0. The molecule has 1 fully saturated rings. The van der Waals surface area contributed by atoms with Crippen LogP contribution in [0.3, 0.4) is 0 Å². The van der Waals surface area contributed by atoms with E-state index < -0.39 is 0 Å². The number of aromatic nitrogens is 2. The third-order valence-corrected chi connectivity index (χ3v) is 5.45. The molecule has 0 spiro atoms. The number of carbonyl (C=O) groups is 1. The van der Waals surface area contributed by atoms with Gasteiger partial charge in [-0.3, -0.25) is 4.79 Å². The summed E-state index contributed by atoms with van der Waals surface area (Å²) in [6, 6.07) is 12.3. The van der Waals surface area contributed by atoms with Gasteiger partial charge in [0.05, 0.1) is 0 Å². The van der Waals surface area contributed by atoms with E-state index in [0.717, 1.165) is 30.9 Å². The smallest absolute Gasteiger partial charge is 0.278 e. The van der Waals surface area contributed by atoms with Crippen LogP contribution in [0.1, 0.15) is 61.0 Å². The third kappa shape index (κ3) is 3.71. The summed E-state index contributed by atoms with van der Waals surface area (Å²) in [6.45, 7) is 0.736. The Morgan fingerprint density at radius 2 is 1.77 bits per heavy atom. The fraction of sp³-hybridized carbons (Fsp3) is 0.476. The van der Waals surface area contributed by atoms with E-state index in [4.69, 9.17) is 0 Å². The standard InChI is InChI=1S/C21H26N4O/c26-21(25-15-7-9-16-8-5-6-12-19(16)25)18-13-14-20(24-23-18)22-17-10-3-1-2-4-11-17/h5-6,8,12-14,17H,1-4,7,9-11,15H2,(H,22,24). The number of carbonyl (C=O) groups excluding carboxylic acids is 1. The molecule has 0 bridgehead atoms. The van der Waals surface area contributed by atoms with Crippen molar-refractivity contribution in [1.82, 2.24) is 10.2 Å². The van der Waals surface area contributed by atoms with E-state index >= 15 is 0 Å². The van der Waals surface area contributed by atoms with Crippen molar-refractivity contribution in [2.75, 3.05) is 16.8 Å². The number of amides is 1. The molecule has 4 rings (SSSR count). The minimum Gasteiger partial charge on any atom is -0.366 e. The van der Waals surface area contributed by atoms with Crippen LogP contribution in [0, 0.1) is 0 Å². The van der Waals surface area contributed by atoms with Gasteiger partial charge < -0.3 is 10.2 Å². The van der Waals surface area contributed by atoms with Gasteiger partial charge in [0.2, 0.25) is 0 Å². The topological polar surface area (TPSA) is 58.1 Å². The van der Waals surface area contributed by atoms with Gasteiger partial charge in [-0.05, 0) is 49.4 Å². The molecule has 1 amide bonds. The fourth-order valence-electron chi connectivity index (χ4n) is 4.04. The molecule has 2 aliphatic rings. The number of fused-ring (bicyclic) bond motifs is 1. The Hall–Kier alpha value is -2.43. The highest BCUT2D eigenvalue weighted by Gasteiger charge is 2.24. The first-order valence-corrected chi connectivity index (χ1v) is 9.81. The summed E-state index contributed by atoms with van der Waals surface area (Å²) in [5.41, 5.74) is 2.64. The first-order valence-electron chi connectivity index (χ1n) is 9.81. The molecule has 1 saturated carbocycles. The van der Waals surface area contributed by atoms with E-state index in [9.17, 15) is 4.79 Å². The SMILES string of the molecule is O=C(c1ccc(NC2CCCCCC2)nn1)N1CCCc2ccccc21. The summed E-state index contributed by atoms with van der Waals surface area (Å²) < 4.78 is 0. The first kappa shape index (κ1) is 17.0. The van der Waals surface area contributed by atoms with Crippen molar-refractivity contribution >= 4 is 17.4 Å². The van der Waals surface area contributed by atoms with Gasteiger partial charge in [0.1, 0.15) is 5.82 Å². The van der Waals surface area contributed by atoms with E-state index in [1.807, 2.05) is 29.2 Å². The molecular formula is C21H26N4O. The van der Waals surface area contributed by atoms with Gasteiger partial charge >= 0.3 is 0 Å². The zero-order valence-corrected chi connectivity index (χ0v) is 15.2. The van der Waals surface area contributed by atoms with Crippen molar-refractivity contribution in [2.24, 2.45) is 0 Å². The normalized spacial score (nSPS) is 18.1. The molecule has 2 heterocycles. The molecule has 136 valence electrons. The second kappa shape index (κ2) is 7.85. The molecule has 0 saturated heterocycles. The fourth-order valence-corrected chi connectivity index (χ4v) is 4.04. The van der Waals surface area contributed by atoms with E-state index in [0.29, 0.717) is 11.7 Å². The summed E-state index contributed by atoms with van der Waals surface area (Å²) in [6.07, 6.45) is 9.59. The number of hydrogen-bond acceptors (Lipinski definition) is 4. The molecule has 0 atom stereocenters. The number of nitrogens with zero attached hydrogens (tertiary/aromatic N) is 3. The lowest BCUT2D eigenvalue weighted by Gasteiger charge is -2.29. The van der Waals surface area contributed by atoms with E-state index in [-0.39, 0.29) is 5.91 Å². The highest BCUT2D eigenvalue weighted by Crippen LogP contribution is 2.28. The Morgan fingerprint density at radius 3 is 2.54 bits per heavy atom. The molecule has 26 heavy (non-hydrogen) atoms. The Morgan fingerprint density at radius 1 is 0.962 bits per heavy atom. The van der Waals surface area contributed by atoms with Gasteiger partial charge in [-0.2, -0.15) is 0 Å². The van der Waals surface area contributed by atoms with E-state index in [2.05, 4.69) is 21.6 Å². The van der Waals surface area contributed by atoms with Crippen LogP contribution >= 0.6 is 0 Å². The van der Waals surface area contributed by atoms with Crippen molar-refractivity contribution in [3.05, 3.63) is 47.7 Å². The molecule has 1 aromatic carbocycles. The van der Waals surface area contributed by atoms with Crippen molar-refractivity contribution in [3.8, 4) is 0 Å². The van der Waals surface area contributed by atoms with Gasteiger partial charge in [-0.1, -0.05) is 43.9 Å². The van der Waals surface area contributed by atoms with Crippen molar-refractivity contribution in [2.45, 2.75) is 57.4 Å². The number of nitrogens with one attached hydrogen (secondary N) is 1. The Labute approximate surface area is 154 Å². The van der Waals surface area contributed by atoms with Gasteiger partial charge in [0.25, 0.3) is 5.91 Å². The number of anilines is 2. The quantitative estimate of drug-likeness (QED) is 0.843. The van der Waals surface area contributed by atoms with E-state index in [1.165, 1.54) is 44.1 Å². The Balaban J connectivity index is 1.46.